The van der Waals surface area contributed by atoms with E-state index in [1.807, 2.05) is 0 Å². The summed E-state index contributed by atoms with van der Waals surface area (Å²) >= 11 is 0. The lowest BCUT2D eigenvalue weighted by Crippen LogP contribution is -2.20. The smallest absolute Gasteiger partial charge is 0.305 e. The first-order valence-electron chi connectivity index (χ1n) is 5.72. The molecule has 0 aliphatic heterocycles. The van der Waals surface area contributed by atoms with E-state index in [9.17, 15) is 4.79 Å². The van der Waals surface area contributed by atoms with E-state index >= 15 is 0 Å². The Morgan fingerprint density at radius 2 is 2.27 bits per heavy atom. The van der Waals surface area contributed by atoms with E-state index in [0.717, 1.165) is 12.8 Å². The van der Waals surface area contributed by atoms with Gasteiger partial charge in [0.2, 0.25) is 0 Å². The minimum atomic E-state index is -0.0875. The fourth-order valence-electron chi connectivity index (χ4n) is 2.27. The van der Waals surface area contributed by atoms with Gasteiger partial charge in [-0.2, -0.15) is 0 Å². The first-order valence-corrected chi connectivity index (χ1v) is 5.72. The molecule has 0 amide bonds. The predicted molar refractivity (Wildman–Crippen MR) is 61.5 cm³/mol. The molecule has 0 heterocycles. The minimum absolute atomic E-state index is 0.0875. The predicted octanol–water partition coefficient (Wildman–Crippen LogP) is 3.32. The van der Waals surface area contributed by atoms with Gasteiger partial charge in [-0.05, 0) is 37.5 Å². The van der Waals surface area contributed by atoms with E-state index in [1.54, 1.807) is 0 Å². The Hall–Kier alpha value is -0.790. The number of allylic oxidation sites excluding steroid dienone is 2. The van der Waals surface area contributed by atoms with E-state index in [0.29, 0.717) is 17.8 Å². The second kappa shape index (κ2) is 4.82. The van der Waals surface area contributed by atoms with Gasteiger partial charge in [0, 0.05) is 6.42 Å². The minimum Gasteiger partial charge on any atom is -0.469 e. The fraction of sp³-hybridized carbons (Fsp3) is 0.769. The van der Waals surface area contributed by atoms with Gasteiger partial charge < -0.3 is 4.74 Å². The number of esters is 1. The summed E-state index contributed by atoms with van der Waals surface area (Å²) in [5.41, 5.74) is 1.81. The molecular weight excluding hydrogens is 188 g/mol. The van der Waals surface area contributed by atoms with Crippen molar-refractivity contribution >= 4 is 5.97 Å². The molecule has 15 heavy (non-hydrogen) atoms. The Balaban J connectivity index is 2.33. The van der Waals surface area contributed by atoms with Gasteiger partial charge in [0.25, 0.3) is 0 Å². The lowest BCUT2D eigenvalue weighted by Gasteiger charge is -2.29. The third-order valence-electron chi connectivity index (χ3n) is 3.91. The quantitative estimate of drug-likeness (QED) is 0.525. The molecule has 1 atom stereocenters. The van der Waals surface area contributed by atoms with Crippen LogP contribution in [-0.4, -0.2) is 13.1 Å². The lowest BCUT2D eigenvalue weighted by atomic mass is 9.75. The number of carbonyl (C=O) groups is 1. The highest BCUT2D eigenvalue weighted by Gasteiger charge is 2.34. The maximum atomic E-state index is 11.0. The molecule has 0 spiro atoms. The molecule has 86 valence electrons. The van der Waals surface area contributed by atoms with Gasteiger partial charge >= 0.3 is 5.97 Å². The van der Waals surface area contributed by atoms with E-state index in [-0.39, 0.29) is 5.97 Å². The first kappa shape index (κ1) is 12.3. The second-order valence-corrected chi connectivity index (χ2v) is 5.01. The highest BCUT2D eigenvalue weighted by molar-refractivity contribution is 5.68. The van der Waals surface area contributed by atoms with Crippen molar-refractivity contribution in [3.8, 4) is 0 Å². The zero-order valence-electron chi connectivity index (χ0n) is 10.3. The second-order valence-electron chi connectivity index (χ2n) is 5.01. The third-order valence-corrected chi connectivity index (χ3v) is 3.91. The fourth-order valence-corrected chi connectivity index (χ4v) is 2.27. The standard InChI is InChI=1S/C13H22O2/c1-10-8-9-11(13(10,2)3)6-5-7-12(14)15-4/h8,11H,5-7,9H2,1-4H3/t11-/m1/s1. The summed E-state index contributed by atoms with van der Waals surface area (Å²) in [6.07, 6.45) is 6.13. The SMILES string of the molecule is COC(=O)CCC[C@@H]1CC=C(C)C1(C)C. The van der Waals surface area contributed by atoms with Crippen LogP contribution in [0.3, 0.4) is 0 Å². The highest BCUT2D eigenvalue weighted by atomic mass is 16.5. The summed E-state index contributed by atoms with van der Waals surface area (Å²) in [6, 6.07) is 0. The van der Waals surface area contributed by atoms with Crippen LogP contribution in [0.1, 0.15) is 46.5 Å². The van der Waals surface area contributed by atoms with Crippen molar-refractivity contribution in [2.45, 2.75) is 46.5 Å². The van der Waals surface area contributed by atoms with Crippen LogP contribution in [0.4, 0.5) is 0 Å². The van der Waals surface area contributed by atoms with Gasteiger partial charge in [-0.25, -0.2) is 0 Å². The van der Waals surface area contributed by atoms with Crippen molar-refractivity contribution in [3.05, 3.63) is 11.6 Å². The monoisotopic (exact) mass is 210 g/mol. The van der Waals surface area contributed by atoms with Crippen molar-refractivity contribution in [2.75, 3.05) is 7.11 Å². The number of hydrogen-bond donors (Lipinski definition) is 0. The number of rotatable bonds is 4. The van der Waals surface area contributed by atoms with Crippen molar-refractivity contribution in [3.63, 3.8) is 0 Å². The number of methoxy groups -OCH3 is 1. The van der Waals surface area contributed by atoms with Gasteiger partial charge in [-0.3, -0.25) is 4.79 Å². The summed E-state index contributed by atoms with van der Waals surface area (Å²) < 4.78 is 4.64. The van der Waals surface area contributed by atoms with Crippen LogP contribution < -0.4 is 0 Å². The van der Waals surface area contributed by atoms with Gasteiger partial charge in [0.05, 0.1) is 7.11 Å². The Bertz CT molecular complexity index is 264. The van der Waals surface area contributed by atoms with Gasteiger partial charge in [0.1, 0.15) is 0 Å². The number of hydrogen-bond acceptors (Lipinski definition) is 2. The molecule has 0 aromatic carbocycles. The summed E-state index contributed by atoms with van der Waals surface area (Å²) in [6.45, 7) is 6.81. The molecule has 0 aromatic rings. The van der Waals surface area contributed by atoms with E-state index in [4.69, 9.17) is 0 Å². The normalized spacial score (nSPS) is 23.7. The van der Waals surface area contributed by atoms with Crippen LogP contribution >= 0.6 is 0 Å². The van der Waals surface area contributed by atoms with E-state index < -0.39 is 0 Å². The highest BCUT2D eigenvalue weighted by Crippen LogP contribution is 2.45. The van der Waals surface area contributed by atoms with E-state index in [1.165, 1.54) is 19.1 Å². The Morgan fingerprint density at radius 1 is 1.60 bits per heavy atom. The maximum absolute atomic E-state index is 11.0. The summed E-state index contributed by atoms with van der Waals surface area (Å²) in [5.74, 6) is 0.609. The number of carbonyl (C=O) groups excluding carboxylic acids is 1. The molecule has 2 nitrogen and oxygen atoms in total. The van der Waals surface area contributed by atoms with Crippen LogP contribution in [0.2, 0.25) is 0 Å². The van der Waals surface area contributed by atoms with Crippen molar-refractivity contribution < 1.29 is 9.53 Å². The summed E-state index contributed by atoms with van der Waals surface area (Å²) in [7, 11) is 1.45. The van der Waals surface area contributed by atoms with Crippen LogP contribution in [0.15, 0.2) is 11.6 Å². The molecule has 1 aliphatic rings. The van der Waals surface area contributed by atoms with Crippen molar-refractivity contribution in [2.24, 2.45) is 11.3 Å². The summed E-state index contributed by atoms with van der Waals surface area (Å²) in [4.78, 5) is 11.0. The number of ether oxygens (including phenoxy) is 1. The molecule has 0 N–H and O–H groups in total. The largest absolute Gasteiger partial charge is 0.469 e. The van der Waals surface area contributed by atoms with Gasteiger partial charge in [-0.15, -0.1) is 0 Å². The third kappa shape index (κ3) is 2.83. The zero-order chi connectivity index (χ0) is 11.5. The van der Waals surface area contributed by atoms with Crippen LogP contribution in [0.25, 0.3) is 0 Å². The molecule has 1 aliphatic carbocycles. The molecular formula is C13H22O2. The van der Waals surface area contributed by atoms with Crippen molar-refractivity contribution in [1.82, 2.24) is 0 Å². The van der Waals surface area contributed by atoms with Gasteiger partial charge in [0.15, 0.2) is 0 Å². The van der Waals surface area contributed by atoms with Crippen molar-refractivity contribution in [1.29, 1.82) is 0 Å². The summed E-state index contributed by atoms with van der Waals surface area (Å²) in [5, 5.41) is 0. The molecule has 0 bridgehead atoms. The molecule has 2 heteroatoms. The molecule has 0 saturated carbocycles. The average molecular weight is 210 g/mol. The Morgan fingerprint density at radius 3 is 2.73 bits per heavy atom. The molecule has 0 saturated heterocycles. The molecule has 0 radical (unpaired) electrons. The van der Waals surface area contributed by atoms with Crippen LogP contribution in [-0.2, 0) is 9.53 Å². The Kier molecular flexibility index (Phi) is 3.95. The zero-order valence-corrected chi connectivity index (χ0v) is 10.3. The lowest BCUT2D eigenvalue weighted by molar-refractivity contribution is -0.140. The maximum Gasteiger partial charge on any atom is 0.305 e. The van der Waals surface area contributed by atoms with Crippen LogP contribution in [0, 0.1) is 11.3 Å². The molecule has 0 fully saturated rings. The molecule has 1 rings (SSSR count). The Labute approximate surface area is 92.7 Å². The molecule has 0 unspecified atom stereocenters. The molecule has 0 aromatic heterocycles. The van der Waals surface area contributed by atoms with E-state index in [2.05, 4.69) is 31.6 Å². The van der Waals surface area contributed by atoms with Gasteiger partial charge in [-0.1, -0.05) is 25.5 Å². The topological polar surface area (TPSA) is 26.3 Å². The van der Waals surface area contributed by atoms with Crippen LogP contribution in [0.5, 0.6) is 0 Å². The average Bonchev–Trinajstić information content (AvgIpc) is 2.44. The first-order chi connectivity index (χ1) is 6.98.